The molecule has 0 bridgehead atoms. The van der Waals surface area contributed by atoms with Gasteiger partial charge in [0.25, 0.3) is 0 Å². The van der Waals surface area contributed by atoms with Gasteiger partial charge in [0.1, 0.15) is 10.8 Å². The molecule has 2 N–H and O–H groups in total. The minimum absolute atomic E-state index is 0.0609. The van der Waals surface area contributed by atoms with Gasteiger partial charge in [-0.05, 0) is 30.3 Å². The van der Waals surface area contributed by atoms with Crippen LogP contribution in [0.3, 0.4) is 0 Å². The molecule has 0 unspecified atom stereocenters. The molecule has 28 heavy (non-hydrogen) atoms. The van der Waals surface area contributed by atoms with Gasteiger partial charge in [0.2, 0.25) is 0 Å². The summed E-state index contributed by atoms with van der Waals surface area (Å²) in [5.41, 5.74) is 1.48. The summed E-state index contributed by atoms with van der Waals surface area (Å²) in [5, 5.41) is 3.16. The number of pyridine rings is 1. The average Bonchev–Trinajstić information content (AvgIpc) is 3.18. The van der Waals surface area contributed by atoms with Gasteiger partial charge < -0.3 is 14.4 Å². The van der Waals surface area contributed by atoms with Gasteiger partial charge in [-0.1, -0.05) is 6.07 Å². The average molecular weight is 420 g/mol. The van der Waals surface area contributed by atoms with Crippen molar-refractivity contribution in [1.29, 1.82) is 0 Å². The molecule has 0 aliphatic heterocycles. The van der Waals surface area contributed by atoms with Crippen LogP contribution in [0.1, 0.15) is 0 Å². The van der Waals surface area contributed by atoms with Gasteiger partial charge in [-0.25, -0.2) is 13.9 Å². The molecule has 4 rings (SSSR count). The maximum absolute atomic E-state index is 13.7. The highest BCUT2D eigenvalue weighted by atomic mass is 32.1. The van der Waals surface area contributed by atoms with Crippen molar-refractivity contribution in [3.8, 4) is 10.6 Å². The Morgan fingerprint density at radius 2 is 1.96 bits per heavy atom. The Labute approximate surface area is 161 Å². The van der Waals surface area contributed by atoms with E-state index in [0.717, 1.165) is 16.6 Å². The van der Waals surface area contributed by atoms with E-state index >= 15 is 0 Å². The highest BCUT2D eigenvalue weighted by Crippen LogP contribution is 2.35. The van der Waals surface area contributed by atoms with Crippen LogP contribution in [0.4, 0.5) is 4.39 Å². The summed E-state index contributed by atoms with van der Waals surface area (Å²) in [5.74, 6) is -0.540. The van der Waals surface area contributed by atoms with Crippen LogP contribution in [-0.4, -0.2) is 25.9 Å². The second-order valence-electron chi connectivity index (χ2n) is 6.04. The largest absolute Gasteiger partial charge is 0.469 e. The number of halogens is 1. The number of hydrogen-bond donors (Lipinski definition) is 2. The van der Waals surface area contributed by atoms with Crippen molar-refractivity contribution in [1.82, 2.24) is 9.55 Å². The number of benzene rings is 2. The number of aromatic nitrogens is 2. The third-order valence-corrected chi connectivity index (χ3v) is 5.62. The molecule has 0 amide bonds. The van der Waals surface area contributed by atoms with E-state index in [1.54, 1.807) is 29.0 Å². The Morgan fingerprint density at radius 3 is 2.68 bits per heavy atom. The van der Waals surface area contributed by atoms with Gasteiger partial charge >= 0.3 is 7.82 Å². The van der Waals surface area contributed by atoms with E-state index in [2.05, 4.69) is 9.51 Å². The topological polar surface area (TPSA) is 102 Å². The van der Waals surface area contributed by atoms with Crippen LogP contribution in [0, 0.1) is 5.82 Å². The van der Waals surface area contributed by atoms with Gasteiger partial charge in [0.15, 0.2) is 5.43 Å². The third-order valence-electron chi connectivity index (χ3n) is 4.28. The Morgan fingerprint density at radius 1 is 1.14 bits per heavy atom. The minimum atomic E-state index is -4.63. The number of phosphoric ester groups is 1. The molecule has 0 saturated heterocycles. The zero-order valence-electron chi connectivity index (χ0n) is 14.3. The zero-order valence-corrected chi connectivity index (χ0v) is 16.0. The summed E-state index contributed by atoms with van der Waals surface area (Å²) in [6.45, 7) is -0.221. The lowest BCUT2D eigenvalue weighted by atomic mass is 10.1. The summed E-state index contributed by atoms with van der Waals surface area (Å²) in [7, 11) is -4.63. The van der Waals surface area contributed by atoms with Crippen molar-refractivity contribution in [3.63, 3.8) is 0 Å². The summed E-state index contributed by atoms with van der Waals surface area (Å²) in [6.07, 6.45) is 1.67. The second kappa shape index (κ2) is 7.20. The van der Waals surface area contributed by atoms with Crippen molar-refractivity contribution in [2.75, 3.05) is 6.61 Å². The van der Waals surface area contributed by atoms with Crippen LogP contribution in [0.5, 0.6) is 0 Å². The lowest BCUT2D eigenvalue weighted by Gasteiger charge is -2.16. The fourth-order valence-electron chi connectivity index (χ4n) is 3.14. The molecule has 144 valence electrons. The zero-order chi connectivity index (χ0) is 19.9. The number of hydrogen-bond acceptors (Lipinski definition) is 5. The smallest absolute Gasteiger partial charge is 0.338 e. The normalized spacial score (nSPS) is 12.1. The Hall–Kier alpha value is -2.42. The Bertz CT molecular complexity index is 1280. The molecule has 7 nitrogen and oxygen atoms in total. The first-order valence-electron chi connectivity index (χ1n) is 8.19. The van der Waals surface area contributed by atoms with E-state index in [4.69, 9.17) is 9.79 Å². The first kappa shape index (κ1) is 18.9. The molecule has 2 heterocycles. The van der Waals surface area contributed by atoms with E-state index in [0.29, 0.717) is 16.4 Å². The van der Waals surface area contributed by atoms with Crippen LogP contribution in [0.25, 0.3) is 32.4 Å². The molecular formula is C18H14FN2O5PS. The first-order valence-corrected chi connectivity index (χ1v) is 10.6. The van der Waals surface area contributed by atoms with Crippen LogP contribution < -0.4 is 5.43 Å². The number of nitrogens with zero attached hydrogens (tertiary/aromatic N) is 2. The van der Waals surface area contributed by atoms with Crippen LogP contribution in [0.2, 0.25) is 0 Å². The molecule has 2 aromatic heterocycles. The molecule has 0 aliphatic carbocycles. The van der Waals surface area contributed by atoms with E-state index in [1.807, 2.05) is 5.38 Å². The predicted molar refractivity (Wildman–Crippen MR) is 105 cm³/mol. The number of fused-ring (bicyclic) bond motifs is 2. The Kier molecular flexibility index (Phi) is 4.86. The predicted octanol–water partition coefficient (Wildman–Crippen LogP) is 3.53. The van der Waals surface area contributed by atoms with Crippen molar-refractivity contribution in [2.24, 2.45) is 0 Å². The van der Waals surface area contributed by atoms with Gasteiger partial charge in [0.05, 0.1) is 17.6 Å². The van der Waals surface area contributed by atoms with Crippen molar-refractivity contribution in [2.45, 2.75) is 6.54 Å². The molecule has 0 spiro atoms. The molecule has 0 saturated carbocycles. The fourth-order valence-corrected chi connectivity index (χ4v) is 4.09. The Balaban J connectivity index is 1.96. The summed E-state index contributed by atoms with van der Waals surface area (Å²) in [6, 6.07) is 9.07. The standard InChI is InChI=1S/C18H14FN2O5PS/c19-12-2-4-15-14(10-12)17(22)13-3-1-11(18-20-5-8-28-18)9-16(13)21(15)6-7-26-27(23,24)25/h1-5,8-10H,6-7H2,(H2,23,24,25). The molecule has 2 aromatic carbocycles. The quantitative estimate of drug-likeness (QED) is 0.378. The second-order valence-corrected chi connectivity index (χ2v) is 8.17. The van der Waals surface area contributed by atoms with Crippen LogP contribution in [0.15, 0.2) is 52.8 Å². The molecular weight excluding hydrogens is 406 g/mol. The molecule has 4 aromatic rings. The summed E-state index contributed by atoms with van der Waals surface area (Å²) < 4.78 is 31.0. The molecule has 0 fully saturated rings. The third kappa shape index (κ3) is 3.63. The summed E-state index contributed by atoms with van der Waals surface area (Å²) in [4.78, 5) is 35.0. The highest BCUT2D eigenvalue weighted by Gasteiger charge is 2.16. The monoisotopic (exact) mass is 420 g/mol. The first-order chi connectivity index (χ1) is 13.3. The molecule has 0 radical (unpaired) electrons. The van der Waals surface area contributed by atoms with Crippen molar-refractivity contribution in [3.05, 3.63) is 64.0 Å². The maximum Gasteiger partial charge on any atom is 0.469 e. The van der Waals surface area contributed by atoms with Crippen LogP contribution >= 0.6 is 19.2 Å². The fraction of sp³-hybridized carbons (Fsp3) is 0.111. The van der Waals surface area contributed by atoms with Gasteiger partial charge in [-0.2, -0.15) is 0 Å². The van der Waals surface area contributed by atoms with E-state index in [9.17, 15) is 13.8 Å². The van der Waals surface area contributed by atoms with Crippen LogP contribution in [-0.2, 0) is 15.6 Å². The minimum Gasteiger partial charge on any atom is -0.338 e. The summed E-state index contributed by atoms with van der Waals surface area (Å²) >= 11 is 1.45. The lowest BCUT2D eigenvalue weighted by molar-refractivity contribution is 0.191. The molecule has 0 aliphatic rings. The van der Waals surface area contributed by atoms with Crippen molar-refractivity contribution >= 4 is 41.0 Å². The SMILES string of the molecule is O=c1c2cc(F)ccc2n(CCOP(=O)(O)O)c2cc(-c3nccs3)ccc12. The van der Waals surface area contributed by atoms with Gasteiger partial charge in [0, 0.05) is 34.5 Å². The maximum atomic E-state index is 13.7. The highest BCUT2D eigenvalue weighted by molar-refractivity contribution is 7.46. The van der Waals surface area contributed by atoms with Gasteiger partial charge in [-0.15, -0.1) is 11.3 Å². The molecule has 0 atom stereocenters. The van der Waals surface area contributed by atoms with E-state index in [-0.39, 0.29) is 24.0 Å². The number of rotatable bonds is 5. The number of thiazole rings is 1. The number of phosphoric acid groups is 1. The van der Waals surface area contributed by atoms with Crippen molar-refractivity contribution < 1.29 is 23.3 Å². The molecule has 10 heteroatoms. The van der Waals surface area contributed by atoms with Gasteiger partial charge in [-0.3, -0.25) is 9.32 Å². The lowest BCUT2D eigenvalue weighted by Crippen LogP contribution is -2.14. The van der Waals surface area contributed by atoms with E-state index < -0.39 is 13.6 Å². The van der Waals surface area contributed by atoms with E-state index in [1.165, 1.54) is 23.5 Å².